The molecule has 0 radical (unpaired) electrons. The molecule has 0 saturated carbocycles. The van der Waals surface area contributed by atoms with Crippen LogP contribution in [0.15, 0.2) is 54.6 Å². The van der Waals surface area contributed by atoms with E-state index in [9.17, 15) is 0 Å². The van der Waals surface area contributed by atoms with Gasteiger partial charge in [0.25, 0.3) is 5.79 Å². The second-order valence-corrected chi connectivity index (χ2v) is 4.55. The smallest absolute Gasteiger partial charge is 0.274 e. The Morgan fingerprint density at radius 1 is 0.947 bits per heavy atom. The number of hydrogen-bond acceptors (Lipinski definition) is 3. The van der Waals surface area contributed by atoms with Crippen LogP contribution in [-0.2, 0) is 10.5 Å². The van der Waals surface area contributed by atoms with Crippen LogP contribution in [0.5, 0.6) is 11.5 Å². The summed E-state index contributed by atoms with van der Waals surface area (Å²) in [4.78, 5) is 0. The Balaban J connectivity index is 2.08. The van der Waals surface area contributed by atoms with E-state index in [1.165, 1.54) is 0 Å². The number of para-hydroxylation sites is 2. The minimum Gasteiger partial charge on any atom is -0.480 e. The molecule has 0 aliphatic carbocycles. The Labute approximate surface area is 112 Å². The minimum atomic E-state index is -0.907. The molecule has 19 heavy (non-hydrogen) atoms. The fourth-order valence-electron chi connectivity index (χ4n) is 2.44. The highest BCUT2D eigenvalue weighted by molar-refractivity contribution is 5.43. The zero-order valence-corrected chi connectivity index (χ0v) is 11.0. The average molecular weight is 256 g/mol. The normalized spacial score (nSPS) is 25.1. The van der Waals surface area contributed by atoms with E-state index in [2.05, 4.69) is 0 Å². The number of methoxy groups -OCH3 is 1. The predicted molar refractivity (Wildman–Crippen MR) is 72.3 cm³/mol. The number of benzene rings is 2. The third-order valence-corrected chi connectivity index (χ3v) is 3.43. The molecule has 98 valence electrons. The van der Waals surface area contributed by atoms with Crippen LogP contribution in [0.25, 0.3) is 0 Å². The first kappa shape index (κ1) is 12.1. The Bertz CT molecular complexity index is 567. The molecule has 0 spiro atoms. The number of rotatable bonds is 2. The minimum absolute atomic E-state index is 0.241. The Morgan fingerprint density at radius 2 is 1.58 bits per heavy atom. The fraction of sp³-hybridized carbons (Fsp3) is 0.250. The molecule has 1 aliphatic rings. The maximum atomic E-state index is 6.12. The first-order valence-electron chi connectivity index (χ1n) is 6.31. The molecule has 2 aromatic carbocycles. The van der Waals surface area contributed by atoms with Gasteiger partial charge < -0.3 is 14.2 Å². The second kappa shape index (κ2) is 4.59. The van der Waals surface area contributed by atoms with Crippen LogP contribution in [0.4, 0.5) is 0 Å². The van der Waals surface area contributed by atoms with Crippen LogP contribution in [-0.4, -0.2) is 13.2 Å². The molecule has 0 aromatic heterocycles. The van der Waals surface area contributed by atoms with Gasteiger partial charge in [-0.3, -0.25) is 0 Å². The van der Waals surface area contributed by atoms with E-state index in [0.717, 1.165) is 11.3 Å². The lowest BCUT2D eigenvalue weighted by atomic mass is 9.99. The molecule has 0 amide bonds. The number of ether oxygens (including phenoxy) is 3. The van der Waals surface area contributed by atoms with Gasteiger partial charge in [0.2, 0.25) is 0 Å². The van der Waals surface area contributed by atoms with E-state index in [4.69, 9.17) is 14.2 Å². The Hall–Kier alpha value is -2.00. The highest BCUT2D eigenvalue weighted by Crippen LogP contribution is 2.43. The summed E-state index contributed by atoms with van der Waals surface area (Å²) in [6.45, 7) is 1.95. The maximum Gasteiger partial charge on any atom is 0.274 e. The molecule has 3 rings (SSSR count). The lowest BCUT2D eigenvalue weighted by Crippen LogP contribution is -2.50. The summed E-state index contributed by atoms with van der Waals surface area (Å²) in [7, 11) is 1.64. The van der Waals surface area contributed by atoms with Gasteiger partial charge in [-0.05, 0) is 19.1 Å². The van der Waals surface area contributed by atoms with Crippen molar-refractivity contribution in [2.24, 2.45) is 0 Å². The van der Waals surface area contributed by atoms with Crippen molar-refractivity contribution in [3.8, 4) is 11.5 Å². The van der Waals surface area contributed by atoms with E-state index in [1.54, 1.807) is 7.11 Å². The Kier molecular flexibility index (Phi) is 2.91. The topological polar surface area (TPSA) is 27.7 Å². The molecule has 2 aromatic rings. The van der Waals surface area contributed by atoms with Gasteiger partial charge in [0, 0.05) is 12.7 Å². The first-order chi connectivity index (χ1) is 9.26. The van der Waals surface area contributed by atoms with Crippen LogP contribution in [0.3, 0.4) is 0 Å². The largest absolute Gasteiger partial charge is 0.480 e. The third kappa shape index (κ3) is 1.87. The van der Waals surface area contributed by atoms with Crippen molar-refractivity contribution in [2.45, 2.75) is 18.8 Å². The highest BCUT2D eigenvalue weighted by Gasteiger charge is 2.46. The first-order valence-corrected chi connectivity index (χ1v) is 6.31. The van der Waals surface area contributed by atoms with Crippen molar-refractivity contribution in [1.29, 1.82) is 0 Å². The van der Waals surface area contributed by atoms with Crippen molar-refractivity contribution in [1.82, 2.24) is 0 Å². The van der Waals surface area contributed by atoms with Gasteiger partial charge in [0.1, 0.15) is 0 Å². The molecule has 3 heteroatoms. The lowest BCUT2D eigenvalue weighted by molar-refractivity contribution is -0.235. The van der Waals surface area contributed by atoms with Gasteiger partial charge in [-0.2, -0.15) is 0 Å². The number of fused-ring (bicyclic) bond motifs is 1. The van der Waals surface area contributed by atoms with Crippen LogP contribution in [0.1, 0.15) is 12.5 Å². The van der Waals surface area contributed by atoms with Gasteiger partial charge in [-0.1, -0.05) is 42.5 Å². The maximum absolute atomic E-state index is 6.12. The standard InChI is InChI=1S/C16H16O3/c1-12-16(17-2,13-8-4-3-5-9-13)19-15-11-7-6-10-14(15)18-12/h3-12H,1-2H3. The third-order valence-electron chi connectivity index (χ3n) is 3.43. The summed E-state index contributed by atoms with van der Waals surface area (Å²) in [5, 5.41) is 0. The van der Waals surface area contributed by atoms with Gasteiger partial charge >= 0.3 is 0 Å². The van der Waals surface area contributed by atoms with E-state index in [1.807, 2.05) is 61.5 Å². The van der Waals surface area contributed by atoms with Crippen LogP contribution >= 0.6 is 0 Å². The average Bonchev–Trinajstić information content (AvgIpc) is 2.47. The van der Waals surface area contributed by atoms with Gasteiger partial charge in [0.05, 0.1) is 0 Å². The van der Waals surface area contributed by atoms with Gasteiger partial charge in [-0.25, -0.2) is 0 Å². The molecule has 0 fully saturated rings. The molecule has 2 atom stereocenters. The van der Waals surface area contributed by atoms with Crippen LogP contribution < -0.4 is 9.47 Å². The van der Waals surface area contributed by atoms with E-state index in [0.29, 0.717) is 5.75 Å². The lowest BCUT2D eigenvalue weighted by Gasteiger charge is -2.41. The summed E-state index contributed by atoms with van der Waals surface area (Å²) in [6, 6.07) is 17.5. The van der Waals surface area contributed by atoms with Crippen LogP contribution in [0.2, 0.25) is 0 Å². The molecule has 3 nitrogen and oxygen atoms in total. The molecule has 0 N–H and O–H groups in total. The van der Waals surface area contributed by atoms with Gasteiger partial charge in [0.15, 0.2) is 17.6 Å². The van der Waals surface area contributed by atoms with Crippen molar-refractivity contribution >= 4 is 0 Å². The molecular formula is C16H16O3. The second-order valence-electron chi connectivity index (χ2n) is 4.55. The summed E-state index contributed by atoms with van der Waals surface area (Å²) in [5.41, 5.74) is 0.944. The fourth-order valence-corrected chi connectivity index (χ4v) is 2.44. The summed E-state index contributed by atoms with van der Waals surface area (Å²) < 4.78 is 17.7. The van der Waals surface area contributed by atoms with Crippen molar-refractivity contribution in [2.75, 3.05) is 7.11 Å². The van der Waals surface area contributed by atoms with Crippen molar-refractivity contribution in [3.63, 3.8) is 0 Å². The molecule has 0 saturated heterocycles. The zero-order valence-electron chi connectivity index (χ0n) is 11.0. The molecular weight excluding hydrogens is 240 g/mol. The monoisotopic (exact) mass is 256 g/mol. The predicted octanol–water partition coefficient (Wildman–Crippen LogP) is 3.35. The number of hydrogen-bond donors (Lipinski definition) is 0. The van der Waals surface area contributed by atoms with E-state index >= 15 is 0 Å². The molecule has 1 aliphatic heterocycles. The SMILES string of the molecule is COC1(c2ccccc2)Oc2ccccc2OC1C. The molecule has 2 unspecified atom stereocenters. The summed E-state index contributed by atoms with van der Waals surface area (Å²) >= 11 is 0. The quantitative estimate of drug-likeness (QED) is 0.824. The molecule has 1 heterocycles. The zero-order chi connectivity index (χ0) is 13.3. The van der Waals surface area contributed by atoms with Gasteiger partial charge in [-0.15, -0.1) is 0 Å². The van der Waals surface area contributed by atoms with Crippen molar-refractivity contribution in [3.05, 3.63) is 60.2 Å². The van der Waals surface area contributed by atoms with Crippen molar-refractivity contribution < 1.29 is 14.2 Å². The summed E-state index contributed by atoms with van der Waals surface area (Å²) in [5.74, 6) is 0.542. The highest BCUT2D eigenvalue weighted by atomic mass is 16.7. The molecule has 0 bridgehead atoms. The van der Waals surface area contributed by atoms with E-state index < -0.39 is 5.79 Å². The van der Waals surface area contributed by atoms with Crippen LogP contribution in [0, 0.1) is 0 Å². The van der Waals surface area contributed by atoms with E-state index in [-0.39, 0.29) is 6.10 Å². The Morgan fingerprint density at radius 3 is 2.26 bits per heavy atom. The summed E-state index contributed by atoms with van der Waals surface area (Å²) in [6.07, 6.45) is -0.241.